The summed E-state index contributed by atoms with van der Waals surface area (Å²) in [6, 6.07) is 7.86. The predicted octanol–water partition coefficient (Wildman–Crippen LogP) is 5.37. The number of pyridine rings is 1. The molecule has 0 saturated carbocycles. The lowest BCUT2D eigenvalue weighted by molar-refractivity contribution is 0.309. The summed E-state index contributed by atoms with van der Waals surface area (Å²) in [5.41, 5.74) is 2.97. The van der Waals surface area contributed by atoms with Gasteiger partial charge in [0.05, 0.1) is 25.6 Å². The third-order valence-electron chi connectivity index (χ3n) is 5.11. The third-order valence-corrected chi connectivity index (χ3v) is 6.94. The second kappa shape index (κ2) is 9.52. The molecule has 30 heavy (non-hydrogen) atoms. The molecule has 1 fully saturated rings. The molecule has 0 radical (unpaired) electrons. The summed E-state index contributed by atoms with van der Waals surface area (Å²) in [6.45, 7) is 8.33. The first-order valence-corrected chi connectivity index (χ1v) is 11.6. The maximum atomic E-state index is 6.56. The first-order chi connectivity index (χ1) is 14.5. The van der Waals surface area contributed by atoms with E-state index < -0.39 is 0 Å². The van der Waals surface area contributed by atoms with E-state index in [1.54, 1.807) is 11.3 Å². The zero-order valence-corrected chi connectivity index (χ0v) is 19.4. The molecule has 3 heterocycles. The highest BCUT2D eigenvalue weighted by Crippen LogP contribution is 2.38. The topological polar surface area (TPSA) is 50.3 Å². The highest BCUT2D eigenvalue weighted by Gasteiger charge is 2.16. The minimum atomic E-state index is 0.407. The van der Waals surface area contributed by atoms with Crippen LogP contribution in [0.5, 0.6) is 5.75 Å². The molecule has 1 aliphatic heterocycles. The quantitative estimate of drug-likeness (QED) is 0.533. The van der Waals surface area contributed by atoms with Gasteiger partial charge in [-0.1, -0.05) is 30.1 Å². The van der Waals surface area contributed by atoms with Gasteiger partial charge in [0.25, 0.3) is 0 Å². The fraction of sp³-hybridized carbons (Fsp3) is 0.364. The Bertz CT molecular complexity index is 1010. The molecule has 0 atom stereocenters. The number of nitrogens with zero attached hydrogens (tertiary/aromatic N) is 3. The average molecular weight is 463 g/mol. The highest BCUT2D eigenvalue weighted by atomic mass is 35.5. The smallest absolute Gasteiger partial charge is 0.157 e. The van der Waals surface area contributed by atoms with Crippen molar-refractivity contribution in [1.29, 1.82) is 0 Å². The largest absolute Gasteiger partial charge is 0.485 e. The van der Waals surface area contributed by atoms with Crippen molar-refractivity contribution < 1.29 is 4.74 Å². The van der Waals surface area contributed by atoms with Crippen molar-refractivity contribution in [2.24, 2.45) is 0 Å². The van der Waals surface area contributed by atoms with Gasteiger partial charge < -0.3 is 15.0 Å². The lowest BCUT2D eigenvalue weighted by Gasteiger charge is -2.28. The van der Waals surface area contributed by atoms with E-state index in [-0.39, 0.29) is 0 Å². The molecule has 0 aliphatic carbocycles. The van der Waals surface area contributed by atoms with Gasteiger partial charge in [0.2, 0.25) is 0 Å². The number of aryl methyl sites for hydroxylation is 2. The number of rotatable bonds is 6. The molecular formula is C22H24Cl2N4OS. The van der Waals surface area contributed by atoms with Gasteiger partial charge >= 0.3 is 0 Å². The fourth-order valence-corrected chi connectivity index (χ4v) is 4.96. The normalized spacial score (nSPS) is 14.2. The average Bonchev–Trinajstić information content (AvgIpc) is 3.13. The van der Waals surface area contributed by atoms with Crippen LogP contribution in [0.15, 0.2) is 30.5 Å². The van der Waals surface area contributed by atoms with E-state index in [1.165, 1.54) is 0 Å². The second-order valence-electron chi connectivity index (χ2n) is 7.17. The van der Waals surface area contributed by atoms with Crippen molar-refractivity contribution in [3.05, 3.63) is 56.1 Å². The lowest BCUT2D eigenvalue weighted by atomic mass is 10.1. The summed E-state index contributed by atoms with van der Waals surface area (Å²) in [7, 11) is 0. The van der Waals surface area contributed by atoms with Gasteiger partial charge in [0, 0.05) is 32.4 Å². The number of anilines is 1. The molecule has 1 aromatic carbocycles. The van der Waals surface area contributed by atoms with Gasteiger partial charge in [-0.15, -0.1) is 11.3 Å². The van der Waals surface area contributed by atoms with Crippen LogP contribution in [0.2, 0.25) is 10.0 Å². The number of aromatic nitrogens is 2. The van der Waals surface area contributed by atoms with Crippen LogP contribution in [-0.4, -0.2) is 36.1 Å². The van der Waals surface area contributed by atoms with E-state index in [2.05, 4.69) is 33.2 Å². The molecule has 1 N–H and O–H groups in total. The van der Waals surface area contributed by atoms with E-state index in [0.717, 1.165) is 65.1 Å². The molecule has 1 aliphatic rings. The molecule has 3 aromatic rings. The van der Waals surface area contributed by atoms with E-state index in [9.17, 15) is 0 Å². The molecule has 1 saturated heterocycles. The Kier molecular flexibility index (Phi) is 6.78. The minimum Gasteiger partial charge on any atom is -0.485 e. The van der Waals surface area contributed by atoms with Crippen molar-refractivity contribution >= 4 is 40.4 Å². The Morgan fingerprint density at radius 3 is 2.53 bits per heavy atom. The number of hydrogen-bond acceptors (Lipinski definition) is 6. The van der Waals surface area contributed by atoms with Crippen molar-refractivity contribution in [3.8, 4) is 16.9 Å². The maximum Gasteiger partial charge on any atom is 0.157 e. The van der Waals surface area contributed by atoms with Gasteiger partial charge in [-0.2, -0.15) is 0 Å². The molecule has 5 nitrogen and oxygen atoms in total. The zero-order valence-electron chi connectivity index (χ0n) is 17.0. The third kappa shape index (κ3) is 4.72. The van der Waals surface area contributed by atoms with Crippen LogP contribution < -0.4 is 15.0 Å². The summed E-state index contributed by atoms with van der Waals surface area (Å²) in [4.78, 5) is 12.5. The maximum absolute atomic E-state index is 6.56. The molecule has 0 spiro atoms. The van der Waals surface area contributed by atoms with E-state index in [4.69, 9.17) is 27.9 Å². The number of benzene rings is 1. The molecule has 8 heteroatoms. The van der Waals surface area contributed by atoms with Gasteiger partial charge in [0.1, 0.15) is 12.4 Å². The van der Waals surface area contributed by atoms with Gasteiger partial charge in [-0.25, -0.2) is 9.97 Å². The van der Waals surface area contributed by atoms with E-state index >= 15 is 0 Å². The molecule has 0 unspecified atom stereocenters. The van der Waals surface area contributed by atoms with Crippen LogP contribution in [0.25, 0.3) is 11.1 Å². The summed E-state index contributed by atoms with van der Waals surface area (Å²) in [5.74, 6) is 1.47. The Labute approximate surface area is 191 Å². The molecule has 158 valence electrons. The first-order valence-electron chi connectivity index (χ1n) is 10.0. The van der Waals surface area contributed by atoms with E-state index in [0.29, 0.717) is 22.4 Å². The second-order valence-corrected chi connectivity index (χ2v) is 9.15. The van der Waals surface area contributed by atoms with Gasteiger partial charge in [-0.3, -0.25) is 0 Å². The van der Waals surface area contributed by atoms with Crippen LogP contribution in [-0.2, 0) is 13.0 Å². The summed E-state index contributed by atoms with van der Waals surface area (Å²) in [5, 5.41) is 5.46. The molecule has 0 amide bonds. The molecule has 0 bridgehead atoms. The Morgan fingerprint density at radius 1 is 1.13 bits per heavy atom. The van der Waals surface area contributed by atoms with Gasteiger partial charge in [0.15, 0.2) is 5.75 Å². The number of ether oxygens (including phenoxy) is 1. The molecule has 2 aromatic heterocycles. The summed E-state index contributed by atoms with van der Waals surface area (Å²) < 4.78 is 5.98. The van der Waals surface area contributed by atoms with Crippen LogP contribution >= 0.6 is 34.5 Å². The van der Waals surface area contributed by atoms with E-state index in [1.807, 2.05) is 31.3 Å². The van der Waals surface area contributed by atoms with Crippen molar-refractivity contribution in [1.82, 2.24) is 15.3 Å². The Hall–Kier alpha value is -1.86. The number of nitrogens with one attached hydrogen (secondary N) is 1. The fourth-order valence-electron chi connectivity index (χ4n) is 3.44. The minimum absolute atomic E-state index is 0.407. The number of halogens is 2. The number of hydrogen-bond donors (Lipinski definition) is 1. The monoisotopic (exact) mass is 462 g/mol. The molecular weight excluding hydrogens is 439 g/mol. The van der Waals surface area contributed by atoms with Crippen LogP contribution in [0, 0.1) is 6.92 Å². The summed E-state index contributed by atoms with van der Waals surface area (Å²) in [6.07, 6.45) is 2.75. The first kappa shape index (κ1) is 21.4. The highest BCUT2D eigenvalue weighted by molar-refractivity contribution is 7.11. The lowest BCUT2D eigenvalue weighted by Crippen LogP contribution is -2.43. The SMILES string of the molecule is CCc1nc(C)c(COc2c(Cl)cc(-c3ccnc(N4CCNCC4)c3)cc2Cl)s1. The molecule has 4 rings (SSSR count). The van der Waals surface area contributed by atoms with Crippen molar-refractivity contribution in [3.63, 3.8) is 0 Å². The number of thiazole rings is 1. The van der Waals surface area contributed by atoms with Crippen molar-refractivity contribution in [2.45, 2.75) is 26.9 Å². The zero-order chi connectivity index (χ0) is 21.1. The summed E-state index contributed by atoms with van der Waals surface area (Å²) >= 11 is 14.8. The number of piperazine rings is 1. The van der Waals surface area contributed by atoms with Crippen LogP contribution in [0.4, 0.5) is 5.82 Å². The Balaban J connectivity index is 1.54. The van der Waals surface area contributed by atoms with Crippen LogP contribution in [0.3, 0.4) is 0 Å². The van der Waals surface area contributed by atoms with Crippen molar-refractivity contribution in [2.75, 3.05) is 31.1 Å². The standard InChI is InChI=1S/C22H24Cl2N4OS/c1-3-21-27-14(2)19(30-21)13-29-22-17(23)10-16(11-18(22)24)15-4-5-26-20(12-15)28-8-6-25-7-9-28/h4-5,10-12,25H,3,6-9,13H2,1-2H3. The predicted molar refractivity (Wildman–Crippen MR) is 125 cm³/mol. The Morgan fingerprint density at radius 2 is 1.87 bits per heavy atom. The van der Waals surface area contributed by atoms with Crippen LogP contribution in [0.1, 0.15) is 22.5 Å². The van der Waals surface area contributed by atoms with Gasteiger partial charge in [-0.05, 0) is 48.7 Å².